The second-order valence-corrected chi connectivity index (χ2v) is 9.23. The minimum atomic E-state index is 0.328. The van der Waals surface area contributed by atoms with Gasteiger partial charge in [0, 0.05) is 23.0 Å². The summed E-state index contributed by atoms with van der Waals surface area (Å²) in [6.45, 7) is 7.99. The largest absolute Gasteiger partial charge is 0.492 e. The zero-order valence-corrected chi connectivity index (χ0v) is 18.5. The van der Waals surface area contributed by atoms with Crippen molar-refractivity contribution < 1.29 is 4.74 Å². The maximum Gasteiger partial charge on any atom is 0.165 e. The lowest BCUT2D eigenvalue weighted by Gasteiger charge is -2.23. The average molecular weight is 425 g/mol. The second kappa shape index (κ2) is 8.68. The van der Waals surface area contributed by atoms with Crippen LogP contribution >= 0.6 is 23.4 Å². The molecule has 0 N–H and O–H groups in total. The fraction of sp³-hybridized carbons (Fsp3) is 0.292. The van der Waals surface area contributed by atoms with Crippen molar-refractivity contribution in [2.75, 3.05) is 13.2 Å². The molecule has 4 rings (SSSR count). The molecule has 0 unspecified atom stereocenters. The Labute approximate surface area is 181 Å². The summed E-state index contributed by atoms with van der Waals surface area (Å²) in [4.78, 5) is 7.29. The molecule has 0 aromatic heterocycles. The molecule has 29 heavy (non-hydrogen) atoms. The van der Waals surface area contributed by atoms with E-state index in [1.807, 2.05) is 31.2 Å². The number of ether oxygens (including phenoxy) is 1. The van der Waals surface area contributed by atoms with Crippen LogP contribution in [0.2, 0.25) is 5.02 Å². The average Bonchev–Trinajstić information content (AvgIpc) is 3.13. The highest BCUT2D eigenvalue weighted by Gasteiger charge is 2.31. The van der Waals surface area contributed by atoms with Crippen molar-refractivity contribution >= 4 is 45.0 Å². The number of nitrogens with zero attached hydrogens (tertiary/aromatic N) is 2. The first-order chi connectivity index (χ1) is 14.0. The molecule has 1 aliphatic rings. The van der Waals surface area contributed by atoms with Crippen molar-refractivity contribution in [3.8, 4) is 5.75 Å². The van der Waals surface area contributed by atoms with Gasteiger partial charge in [-0.15, -0.1) is 0 Å². The summed E-state index contributed by atoms with van der Waals surface area (Å²) < 4.78 is 6.25. The number of aliphatic imine (C=N–C) groups is 1. The topological polar surface area (TPSA) is 24.8 Å². The van der Waals surface area contributed by atoms with Crippen LogP contribution in [0.1, 0.15) is 19.4 Å². The van der Waals surface area contributed by atoms with E-state index in [-0.39, 0.29) is 0 Å². The van der Waals surface area contributed by atoms with Crippen LogP contribution in [0.5, 0.6) is 5.75 Å². The number of halogens is 1. The summed E-state index contributed by atoms with van der Waals surface area (Å²) in [7, 11) is 0. The van der Waals surface area contributed by atoms with Crippen LogP contribution in [0.25, 0.3) is 10.8 Å². The number of rotatable bonds is 5. The minimum Gasteiger partial charge on any atom is -0.492 e. The van der Waals surface area contributed by atoms with E-state index in [0.29, 0.717) is 17.9 Å². The van der Waals surface area contributed by atoms with Crippen LogP contribution in [0.15, 0.2) is 65.7 Å². The first kappa shape index (κ1) is 20.1. The fourth-order valence-electron chi connectivity index (χ4n) is 3.49. The quantitative estimate of drug-likeness (QED) is 0.455. The highest BCUT2D eigenvalue weighted by atomic mass is 35.5. The summed E-state index contributed by atoms with van der Waals surface area (Å²) in [5.74, 6) is 0.941. The molecule has 0 aliphatic carbocycles. The maximum atomic E-state index is 6.28. The Kier molecular flexibility index (Phi) is 6.02. The van der Waals surface area contributed by atoms with Gasteiger partial charge in [0.05, 0.1) is 10.9 Å². The molecule has 0 radical (unpaired) electrons. The molecule has 0 spiro atoms. The lowest BCUT2D eigenvalue weighted by molar-refractivity contribution is 0.288. The molecule has 3 aromatic rings. The van der Waals surface area contributed by atoms with Gasteiger partial charge in [-0.1, -0.05) is 65.8 Å². The standard InChI is InChI=1S/C24H25ClN2OS/c1-16(2)27-14-19(29-24(27)26-22-12-7-11-21(25)17(22)3)15-28-23-13-6-9-18-8-4-5-10-20(18)23/h4-13,16,19H,14-15H2,1-3H3/t19-/m1/s1. The van der Waals surface area contributed by atoms with Crippen LogP contribution in [0, 0.1) is 6.92 Å². The van der Waals surface area contributed by atoms with Crippen molar-refractivity contribution in [1.29, 1.82) is 0 Å². The van der Waals surface area contributed by atoms with Crippen LogP contribution in [-0.2, 0) is 0 Å². The van der Waals surface area contributed by atoms with E-state index in [0.717, 1.165) is 39.1 Å². The van der Waals surface area contributed by atoms with Crippen LogP contribution < -0.4 is 4.74 Å². The Morgan fingerprint density at radius 3 is 2.69 bits per heavy atom. The number of hydrogen-bond acceptors (Lipinski definition) is 3. The van der Waals surface area contributed by atoms with Crippen molar-refractivity contribution in [2.45, 2.75) is 32.1 Å². The Balaban J connectivity index is 1.52. The molecule has 0 amide bonds. The molecule has 5 heteroatoms. The van der Waals surface area contributed by atoms with Gasteiger partial charge < -0.3 is 9.64 Å². The van der Waals surface area contributed by atoms with Gasteiger partial charge in [-0.05, 0) is 49.9 Å². The van der Waals surface area contributed by atoms with Gasteiger partial charge in [-0.2, -0.15) is 0 Å². The Hall–Kier alpha value is -2.17. The summed E-state index contributed by atoms with van der Waals surface area (Å²) in [6, 6.07) is 20.8. The number of amidine groups is 1. The van der Waals surface area contributed by atoms with E-state index in [2.05, 4.69) is 55.1 Å². The summed E-state index contributed by atoms with van der Waals surface area (Å²) in [5, 5.41) is 4.47. The number of hydrogen-bond donors (Lipinski definition) is 0. The molecule has 3 aromatic carbocycles. The van der Waals surface area contributed by atoms with Crippen LogP contribution in [0.4, 0.5) is 5.69 Å². The highest BCUT2D eigenvalue weighted by Crippen LogP contribution is 2.34. The molecule has 1 atom stereocenters. The van der Waals surface area contributed by atoms with Gasteiger partial charge in [0.15, 0.2) is 5.17 Å². The normalized spacial score (nSPS) is 18.2. The molecule has 1 saturated heterocycles. The zero-order chi connectivity index (χ0) is 20.4. The van der Waals surface area contributed by atoms with E-state index in [4.69, 9.17) is 21.3 Å². The lowest BCUT2D eigenvalue weighted by atomic mass is 10.1. The van der Waals surface area contributed by atoms with Gasteiger partial charge in [0.1, 0.15) is 12.4 Å². The van der Waals surface area contributed by atoms with Crippen molar-refractivity contribution in [3.05, 3.63) is 71.2 Å². The summed E-state index contributed by atoms with van der Waals surface area (Å²) in [6.07, 6.45) is 0. The van der Waals surface area contributed by atoms with Gasteiger partial charge in [-0.25, -0.2) is 4.99 Å². The van der Waals surface area contributed by atoms with E-state index < -0.39 is 0 Å². The van der Waals surface area contributed by atoms with E-state index >= 15 is 0 Å². The molecular weight excluding hydrogens is 400 g/mol. The molecule has 150 valence electrons. The molecular formula is C24H25ClN2OS. The number of fused-ring (bicyclic) bond motifs is 1. The van der Waals surface area contributed by atoms with E-state index in [9.17, 15) is 0 Å². The zero-order valence-electron chi connectivity index (χ0n) is 16.9. The van der Waals surface area contributed by atoms with Crippen LogP contribution in [-0.4, -0.2) is 34.5 Å². The molecule has 1 heterocycles. The third-order valence-electron chi connectivity index (χ3n) is 5.17. The first-order valence-corrected chi connectivity index (χ1v) is 11.2. The summed E-state index contributed by atoms with van der Waals surface area (Å²) >= 11 is 8.07. The molecule has 1 fully saturated rings. The third-order valence-corrected chi connectivity index (χ3v) is 6.74. The Morgan fingerprint density at radius 1 is 1.10 bits per heavy atom. The highest BCUT2D eigenvalue weighted by molar-refractivity contribution is 8.14. The predicted molar refractivity (Wildman–Crippen MR) is 126 cm³/mol. The Morgan fingerprint density at radius 2 is 1.86 bits per heavy atom. The van der Waals surface area contributed by atoms with Gasteiger partial charge in [0.25, 0.3) is 0 Å². The second-order valence-electron chi connectivity index (χ2n) is 7.55. The lowest BCUT2D eigenvalue weighted by Crippen LogP contribution is -2.33. The monoisotopic (exact) mass is 424 g/mol. The van der Waals surface area contributed by atoms with Gasteiger partial charge >= 0.3 is 0 Å². The van der Waals surface area contributed by atoms with Gasteiger partial charge in [-0.3, -0.25) is 0 Å². The van der Waals surface area contributed by atoms with Gasteiger partial charge in [0.2, 0.25) is 0 Å². The van der Waals surface area contributed by atoms with Crippen molar-refractivity contribution in [3.63, 3.8) is 0 Å². The number of thioether (sulfide) groups is 1. The SMILES string of the molecule is Cc1c(Cl)cccc1N=C1S[C@@H](COc2cccc3ccccc23)CN1C(C)C. The first-order valence-electron chi connectivity index (χ1n) is 9.90. The minimum absolute atomic E-state index is 0.328. The fourth-order valence-corrected chi connectivity index (χ4v) is 4.90. The van der Waals surface area contributed by atoms with Crippen LogP contribution in [0.3, 0.4) is 0 Å². The maximum absolute atomic E-state index is 6.28. The Bertz CT molecular complexity index is 1040. The molecule has 0 saturated carbocycles. The van der Waals surface area contributed by atoms with E-state index in [1.54, 1.807) is 11.8 Å². The molecule has 0 bridgehead atoms. The smallest absolute Gasteiger partial charge is 0.165 e. The molecule has 3 nitrogen and oxygen atoms in total. The summed E-state index contributed by atoms with van der Waals surface area (Å²) in [5.41, 5.74) is 1.95. The van der Waals surface area contributed by atoms with E-state index in [1.165, 1.54) is 5.39 Å². The predicted octanol–water partition coefficient (Wildman–Crippen LogP) is 6.69. The van der Waals surface area contributed by atoms with Crippen molar-refractivity contribution in [2.24, 2.45) is 4.99 Å². The molecule has 1 aliphatic heterocycles. The number of benzene rings is 3. The third kappa shape index (κ3) is 4.39. The van der Waals surface area contributed by atoms with Crippen molar-refractivity contribution in [1.82, 2.24) is 4.90 Å².